The number of nitrogens with one attached hydrogen (secondary N) is 1. The first-order valence-corrected chi connectivity index (χ1v) is 9.30. The minimum absolute atomic E-state index is 0.0764. The largest absolute Gasteiger partial charge is 0.328 e. The number of carbonyl (C=O) groups is 1. The number of thiophene rings is 1. The van der Waals surface area contributed by atoms with Crippen molar-refractivity contribution < 1.29 is 9.18 Å². The number of hydrogen-bond donors (Lipinski definition) is 1. The summed E-state index contributed by atoms with van der Waals surface area (Å²) in [4.78, 5) is 18.6. The van der Waals surface area contributed by atoms with Crippen LogP contribution in [0.3, 0.4) is 0 Å². The molecule has 1 aliphatic carbocycles. The van der Waals surface area contributed by atoms with Gasteiger partial charge in [-0.25, -0.2) is 9.07 Å². The van der Waals surface area contributed by atoms with Crippen molar-refractivity contribution >= 4 is 23.1 Å². The number of hydrogen-bond acceptors (Lipinski definition) is 5. The molecule has 3 aromatic rings. The molecule has 0 radical (unpaired) electrons. The van der Waals surface area contributed by atoms with Crippen molar-refractivity contribution in [1.82, 2.24) is 14.8 Å². The third-order valence-corrected chi connectivity index (χ3v) is 6.01. The molecule has 1 aromatic carbocycles. The van der Waals surface area contributed by atoms with E-state index in [0.717, 1.165) is 12.1 Å². The average Bonchev–Trinajstić information content (AvgIpc) is 3.31. The van der Waals surface area contributed by atoms with Gasteiger partial charge in [-0.05, 0) is 35.6 Å². The molecule has 0 bridgehead atoms. The summed E-state index contributed by atoms with van der Waals surface area (Å²) in [7, 11) is 0. The highest BCUT2D eigenvalue weighted by molar-refractivity contribution is 7.10. The molecule has 130 valence electrons. The van der Waals surface area contributed by atoms with E-state index in [1.54, 1.807) is 22.1 Å². The molecule has 2 aromatic heterocycles. The van der Waals surface area contributed by atoms with Crippen molar-refractivity contribution in [2.75, 3.05) is 5.32 Å². The Morgan fingerprint density at radius 2 is 2.15 bits per heavy atom. The summed E-state index contributed by atoms with van der Waals surface area (Å²) in [5, 5.41) is 9.58. The van der Waals surface area contributed by atoms with E-state index in [2.05, 4.69) is 21.5 Å². The number of aromatic nitrogens is 3. The Bertz CT molecular complexity index is 1020. The lowest BCUT2D eigenvalue weighted by molar-refractivity contribution is -0.116. The van der Waals surface area contributed by atoms with Gasteiger partial charge in [0.15, 0.2) is 5.78 Å². The van der Waals surface area contributed by atoms with E-state index < -0.39 is 6.04 Å². The molecule has 26 heavy (non-hydrogen) atoms. The molecule has 0 spiro atoms. The van der Waals surface area contributed by atoms with Crippen molar-refractivity contribution in [3.63, 3.8) is 0 Å². The van der Waals surface area contributed by atoms with Gasteiger partial charge < -0.3 is 5.32 Å². The number of Topliss-reactive ketones (excluding diaryl/α,β-unsaturated/α-hetero) is 1. The maximum absolute atomic E-state index is 13.8. The van der Waals surface area contributed by atoms with Gasteiger partial charge in [-0.1, -0.05) is 18.2 Å². The lowest BCUT2D eigenvalue weighted by Crippen LogP contribution is -2.33. The third-order valence-electron chi connectivity index (χ3n) is 4.97. The first-order chi connectivity index (χ1) is 12.7. The lowest BCUT2D eigenvalue weighted by Gasteiger charge is -2.34. The van der Waals surface area contributed by atoms with Crippen molar-refractivity contribution in [1.29, 1.82) is 0 Å². The molecule has 2 aliphatic rings. The van der Waals surface area contributed by atoms with Gasteiger partial charge >= 0.3 is 0 Å². The average molecular weight is 366 g/mol. The van der Waals surface area contributed by atoms with Gasteiger partial charge in [0.2, 0.25) is 5.95 Å². The zero-order valence-electron chi connectivity index (χ0n) is 13.7. The van der Waals surface area contributed by atoms with Crippen molar-refractivity contribution in [2.45, 2.75) is 24.8 Å². The van der Waals surface area contributed by atoms with E-state index in [9.17, 15) is 9.18 Å². The molecule has 5 nitrogen and oxygen atoms in total. The molecule has 2 unspecified atom stereocenters. The number of halogens is 1. The monoisotopic (exact) mass is 366 g/mol. The Kier molecular flexibility index (Phi) is 3.49. The topological polar surface area (TPSA) is 59.8 Å². The molecule has 0 fully saturated rings. The van der Waals surface area contributed by atoms with Gasteiger partial charge in [0.1, 0.15) is 18.2 Å². The van der Waals surface area contributed by atoms with Crippen LogP contribution in [0.4, 0.5) is 10.3 Å². The van der Waals surface area contributed by atoms with Crippen LogP contribution in [-0.4, -0.2) is 20.5 Å². The molecule has 2 atom stereocenters. The number of fused-ring (bicyclic) bond motifs is 1. The number of rotatable bonds is 2. The number of carbonyl (C=O) groups excluding carboxylic acids is 1. The predicted octanol–water partition coefficient (Wildman–Crippen LogP) is 3.89. The first kappa shape index (κ1) is 15.5. The summed E-state index contributed by atoms with van der Waals surface area (Å²) >= 11 is 1.67. The van der Waals surface area contributed by atoms with E-state index in [1.165, 1.54) is 23.3 Å². The highest BCUT2D eigenvalue weighted by atomic mass is 32.1. The maximum Gasteiger partial charge on any atom is 0.226 e. The molecule has 0 saturated heterocycles. The molecular weight excluding hydrogens is 351 g/mol. The predicted molar refractivity (Wildman–Crippen MR) is 96.5 cm³/mol. The van der Waals surface area contributed by atoms with E-state index in [-0.39, 0.29) is 17.5 Å². The van der Waals surface area contributed by atoms with Gasteiger partial charge in [-0.15, -0.1) is 11.3 Å². The van der Waals surface area contributed by atoms with E-state index in [0.29, 0.717) is 23.5 Å². The number of allylic oxidation sites excluding steroid dienone is 2. The van der Waals surface area contributed by atoms with Gasteiger partial charge in [0, 0.05) is 28.5 Å². The second-order valence-electron chi connectivity index (χ2n) is 6.55. The highest BCUT2D eigenvalue weighted by Gasteiger charge is 2.39. The van der Waals surface area contributed by atoms with Crippen LogP contribution in [0, 0.1) is 5.82 Å². The zero-order chi connectivity index (χ0) is 17.7. The van der Waals surface area contributed by atoms with Gasteiger partial charge in [-0.2, -0.15) is 10.1 Å². The Morgan fingerprint density at radius 1 is 1.23 bits per heavy atom. The van der Waals surface area contributed by atoms with Crippen LogP contribution in [0.1, 0.15) is 35.2 Å². The van der Waals surface area contributed by atoms with E-state index in [1.807, 2.05) is 17.5 Å². The van der Waals surface area contributed by atoms with Crippen LogP contribution in [0.15, 0.2) is 59.4 Å². The molecule has 0 saturated carbocycles. The van der Waals surface area contributed by atoms with E-state index in [4.69, 9.17) is 0 Å². The Labute approximate surface area is 153 Å². The highest BCUT2D eigenvalue weighted by Crippen LogP contribution is 2.44. The van der Waals surface area contributed by atoms with Crippen LogP contribution >= 0.6 is 11.3 Å². The summed E-state index contributed by atoms with van der Waals surface area (Å²) in [6.45, 7) is 0. The third kappa shape index (κ3) is 2.39. The molecule has 5 rings (SSSR count). The first-order valence-electron chi connectivity index (χ1n) is 8.42. The van der Waals surface area contributed by atoms with Crippen LogP contribution in [0.25, 0.3) is 0 Å². The van der Waals surface area contributed by atoms with Crippen molar-refractivity contribution in [3.05, 3.63) is 75.6 Å². The number of ketones is 1. The SMILES string of the molecule is O=C1CC(c2cccs2)CC2=C1C(c1cccc(F)c1)n1ncnc1N2. The molecule has 1 N–H and O–H groups in total. The van der Waals surface area contributed by atoms with Gasteiger partial charge in [0.05, 0.1) is 0 Å². The fourth-order valence-electron chi connectivity index (χ4n) is 3.86. The molecule has 7 heteroatoms. The minimum atomic E-state index is -0.448. The quantitative estimate of drug-likeness (QED) is 0.747. The summed E-state index contributed by atoms with van der Waals surface area (Å²) < 4.78 is 15.5. The minimum Gasteiger partial charge on any atom is -0.328 e. The Hall–Kier alpha value is -2.80. The number of nitrogens with zero attached hydrogens (tertiary/aromatic N) is 3. The second-order valence-corrected chi connectivity index (χ2v) is 7.53. The normalized spacial score (nSPS) is 22.0. The lowest BCUT2D eigenvalue weighted by atomic mass is 9.80. The van der Waals surface area contributed by atoms with Crippen molar-refractivity contribution in [3.8, 4) is 0 Å². The molecule has 3 heterocycles. The Balaban J connectivity index is 1.63. The zero-order valence-corrected chi connectivity index (χ0v) is 14.5. The number of anilines is 1. The van der Waals surface area contributed by atoms with Gasteiger partial charge in [-0.3, -0.25) is 4.79 Å². The smallest absolute Gasteiger partial charge is 0.226 e. The fourth-order valence-corrected chi connectivity index (χ4v) is 4.69. The summed E-state index contributed by atoms with van der Waals surface area (Å²) in [6.07, 6.45) is 2.64. The van der Waals surface area contributed by atoms with Crippen LogP contribution in [0.2, 0.25) is 0 Å². The summed E-state index contributed by atoms with van der Waals surface area (Å²) in [6, 6.07) is 9.98. The summed E-state index contributed by atoms with van der Waals surface area (Å²) in [5.74, 6) is 0.492. The fraction of sp³-hybridized carbons (Fsp3) is 0.211. The number of benzene rings is 1. The van der Waals surface area contributed by atoms with Crippen molar-refractivity contribution in [2.24, 2.45) is 0 Å². The molecular formula is C19H15FN4OS. The second kappa shape index (κ2) is 5.88. The van der Waals surface area contributed by atoms with Crippen LogP contribution < -0.4 is 5.32 Å². The molecule has 0 amide bonds. The maximum atomic E-state index is 13.8. The van der Waals surface area contributed by atoms with Gasteiger partial charge in [0.25, 0.3) is 0 Å². The summed E-state index contributed by atoms with van der Waals surface area (Å²) in [5.41, 5.74) is 2.24. The van der Waals surface area contributed by atoms with Crippen LogP contribution in [0.5, 0.6) is 0 Å². The standard InChI is InChI=1S/C19H15FN4OS/c20-13-4-1-3-11(7-13)18-17-14(23-19-21-10-22-24(18)19)8-12(9-15(17)25)16-5-2-6-26-16/h1-7,10,12,18H,8-9H2,(H,21,22,23). The Morgan fingerprint density at radius 3 is 2.96 bits per heavy atom. The van der Waals surface area contributed by atoms with Crippen LogP contribution in [-0.2, 0) is 4.79 Å². The van der Waals surface area contributed by atoms with E-state index >= 15 is 0 Å². The molecule has 1 aliphatic heterocycles.